The second-order valence-corrected chi connectivity index (χ2v) is 8.61. The molecule has 166 valence electrons. The van der Waals surface area contributed by atoms with E-state index in [1.807, 2.05) is 23.1 Å². The number of hydrogen-bond acceptors (Lipinski definition) is 4. The van der Waals surface area contributed by atoms with Gasteiger partial charge >= 0.3 is 0 Å². The zero-order chi connectivity index (χ0) is 22.4. The normalized spacial score (nSPS) is 15.7. The van der Waals surface area contributed by atoms with Crippen LogP contribution in [0.3, 0.4) is 0 Å². The SMILES string of the molecule is C[C@@H](C(=O)Nc1cccc(Cl)c1Cl)N(C)CC(=O)N1CCN(Cc2ccccc2)CC1. The van der Waals surface area contributed by atoms with E-state index in [9.17, 15) is 9.59 Å². The van der Waals surface area contributed by atoms with Crippen molar-refractivity contribution in [3.63, 3.8) is 0 Å². The highest BCUT2D eigenvalue weighted by Gasteiger charge is 2.25. The molecule has 0 spiro atoms. The van der Waals surface area contributed by atoms with Crippen molar-refractivity contribution in [2.45, 2.75) is 19.5 Å². The second-order valence-electron chi connectivity index (χ2n) is 7.82. The summed E-state index contributed by atoms with van der Waals surface area (Å²) in [7, 11) is 1.77. The fourth-order valence-corrected chi connectivity index (χ4v) is 3.83. The Labute approximate surface area is 193 Å². The van der Waals surface area contributed by atoms with Gasteiger partial charge in [-0.2, -0.15) is 0 Å². The molecule has 3 rings (SSSR count). The smallest absolute Gasteiger partial charge is 0.241 e. The van der Waals surface area contributed by atoms with Gasteiger partial charge in [-0.25, -0.2) is 0 Å². The molecule has 0 aliphatic carbocycles. The Hall–Kier alpha value is -2.12. The van der Waals surface area contributed by atoms with Crippen LogP contribution in [0, 0.1) is 0 Å². The van der Waals surface area contributed by atoms with E-state index in [0.29, 0.717) is 28.8 Å². The van der Waals surface area contributed by atoms with Gasteiger partial charge in [0.2, 0.25) is 11.8 Å². The summed E-state index contributed by atoms with van der Waals surface area (Å²) in [6, 6.07) is 14.9. The van der Waals surface area contributed by atoms with Crippen LogP contribution in [0.15, 0.2) is 48.5 Å². The number of carbonyl (C=O) groups excluding carboxylic acids is 2. The van der Waals surface area contributed by atoms with E-state index in [1.54, 1.807) is 37.1 Å². The first-order valence-corrected chi connectivity index (χ1v) is 11.1. The highest BCUT2D eigenvalue weighted by atomic mass is 35.5. The van der Waals surface area contributed by atoms with Crippen molar-refractivity contribution in [1.82, 2.24) is 14.7 Å². The molecular weight excluding hydrogens is 435 g/mol. The average Bonchev–Trinajstić information content (AvgIpc) is 2.77. The monoisotopic (exact) mass is 462 g/mol. The Morgan fingerprint density at radius 3 is 2.39 bits per heavy atom. The molecule has 0 saturated carbocycles. The zero-order valence-electron chi connectivity index (χ0n) is 17.9. The maximum absolute atomic E-state index is 12.8. The van der Waals surface area contributed by atoms with E-state index in [1.165, 1.54) is 5.56 Å². The zero-order valence-corrected chi connectivity index (χ0v) is 19.4. The Bertz CT molecular complexity index is 902. The number of hydrogen-bond donors (Lipinski definition) is 1. The molecule has 2 aromatic carbocycles. The summed E-state index contributed by atoms with van der Waals surface area (Å²) >= 11 is 12.1. The molecule has 2 aromatic rings. The molecule has 1 heterocycles. The lowest BCUT2D eigenvalue weighted by molar-refractivity contribution is -0.135. The number of nitrogens with one attached hydrogen (secondary N) is 1. The highest BCUT2D eigenvalue weighted by Crippen LogP contribution is 2.29. The first-order chi connectivity index (χ1) is 14.8. The van der Waals surface area contributed by atoms with Crippen LogP contribution in [0.5, 0.6) is 0 Å². The number of benzene rings is 2. The van der Waals surface area contributed by atoms with Crippen LogP contribution in [0.4, 0.5) is 5.69 Å². The van der Waals surface area contributed by atoms with Crippen molar-refractivity contribution in [2.75, 3.05) is 45.1 Å². The van der Waals surface area contributed by atoms with E-state index < -0.39 is 6.04 Å². The summed E-state index contributed by atoms with van der Waals surface area (Å²) in [5.41, 5.74) is 1.74. The molecule has 1 aliphatic heterocycles. The quantitative estimate of drug-likeness (QED) is 0.682. The number of halogens is 2. The van der Waals surface area contributed by atoms with Gasteiger partial charge in [-0.3, -0.25) is 19.4 Å². The van der Waals surface area contributed by atoms with Crippen LogP contribution < -0.4 is 5.32 Å². The summed E-state index contributed by atoms with van der Waals surface area (Å²) in [5, 5.41) is 3.46. The van der Waals surface area contributed by atoms with E-state index in [4.69, 9.17) is 23.2 Å². The lowest BCUT2D eigenvalue weighted by Gasteiger charge is -2.36. The molecule has 0 aromatic heterocycles. The number of likely N-dealkylation sites (N-methyl/N-ethyl adjacent to an activating group) is 1. The van der Waals surface area contributed by atoms with Gasteiger partial charge in [0.1, 0.15) is 0 Å². The second kappa shape index (κ2) is 11.0. The first-order valence-electron chi connectivity index (χ1n) is 10.3. The van der Waals surface area contributed by atoms with Crippen molar-refractivity contribution in [3.8, 4) is 0 Å². The van der Waals surface area contributed by atoms with Crippen molar-refractivity contribution < 1.29 is 9.59 Å². The molecule has 0 radical (unpaired) electrons. The van der Waals surface area contributed by atoms with Gasteiger partial charge in [-0.1, -0.05) is 59.6 Å². The van der Waals surface area contributed by atoms with Gasteiger partial charge in [0.05, 0.1) is 28.3 Å². The van der Waals surface area contributed by atoms with Gasteiger partial charge in [-0.15, -0.1) is 0 Å². The molecule has 1 fully saturated rings. The number of amides is 2. The van der Waals surface area contributed by atoms with Crippen molar-refractivity contribution >= 4 is 40.7 Å². The summed E-state index contributed by atoms with van der Waals surface area (Å²) < 4.78 is 0. The predicted molar refractivity (Wildman–Crippen MR) is 125 cm³/mol. The van der Waals surface area contributed by atoms with Crippen LogP contribution in [0.1, 0.15) is 12.5 Å². The lowest BCUT2D eigenvalue weighted by atomic mass is 10.2. The minimum absolute atomic E-state index is 0.0299. The summed E-state index contributed by atoms with van der Waals surface area (Å²) in [4.78, 5) is 31.3. The van der Waals surface area contributed by atoms with Gasteiger partial charge in [0, 0.05) is 32.7 Å². The lowest BCUT2D eigenvalue weighted by Crippen LogP contribution is -2.52. The Morgan fingerprint density at radius 1 is 1.03 bits per heavy atom. The van der Waals surface area contributed by atoms with E-state index in [0.717, 1.165) is 19.6 Å². The molecule has 8 heteroatoms. The van der Waals surface area contributed by atoms with Crippen LogP contribution in [-0.2, 0) is 16.1 Å². The number of piperazine rings is 1. The molecular formula is C23H28Cl2N4O2. The van der Waals surface area contributed by atoms with Crippen LogP contribution in [-0.4, -0.2) is 72.3 Å². The molecule has 1 N–H and O–H groups in total. The predicted octanol–water partition coefficient (Wildman–Crippen LogP) is 3.60. The molecule has 0 bridgehead atoms. The van der Waals surface area contributed by atoms with Gasteiger partial charge < -0.3 is 10.2 Å². The van der Waals surface area contributed by atoms with E-state index >= 15 is 0 Å². The molecule has 1 atom stereocenters. The third-order valence-corrected chi connectivity index (χ3v) is 6.43. The Kier molecular flexibility index (Phi) is 8.32. The molecule has 2 amide bonds. The number of carbonyl (C=O) groups is 2. The average molecular weight is 463 g/mol. The molecule has 31 heavy (non-hydrogen) atoms. The van der Waals surface area contributed by atoms with Crippen LogP contribution in [0.25, 0.3) is 0 Å². The standard InChI is InChI=1S/C23H28Cl2N4O2/c1-17(23(31)26-20-10-6-9-19(24)22(20)25)27(2)16-21(30)29-13-11-28(12-14-29)15-18-7-4-3-5-8-18/h3-10,17H,11-16H2,1-2H3,(H,26,31)/t17-/m0/s1. The topological polar surface area (TPSA) is 55.9 Å². The largest absolute Gasteiger partial charge is 0.339 e. The number of anilines is 1. The van der Waals surface area contributed by atoms with Gasteiger partial charge in [0.15, 0.2) is 0 Å². The fraction of sp³-hybridized carbons (Fsp3) is 0.391. The minimum Gasteiger partial charge on any atom is -0.339 e. The van der Waals surface area contributed by atoms with Crippen molar-refractivity contribution in [1.29, 1.82) is 0 Å². The molecule has 6 nitrogen and oxygen atoms in total. The maximum atomic E-state index is 12.8. The Morgan fingerprint density at radius 2 is 1.71 bits per heavy atom. The van der Waals surface area contributed by atoms with Crippen molar-refractivity contribution in [3.05, 3.63) is 64.1 Å². The first kappa shape index (κ1) is 23.5. The third kappa shape index (κ3) is 6.43. The summed E-state index contributed by atoms with van der Waals surface area (Å²) in [5.74, 6) is -0.213. The fourth-order valence-electron chi connectivity index (χ4n) is 3.48. The highest BCUT2D eigenvalue weighted by molar-refractivity contribution is 6.44. The van der Waals surface area contributed by atoms with Crippen LogP contribution >= 0.6 is 23.2 Å². The molecule has 1 saturated heterocycles. The van der Waals surface area contributed by atoms with Crippen molar-refractivity contribution in [2.24, 2.45) is 0 Å². The third-order valence-electron chi connectivity index (χ3n) is 5.61. The minimum atomic E-state index is -0.502. The Balaban J connectivity index is 1.46. The van der Waals surface area contributed by atoms with Gasteiger partial charge in [-0.05, 0) is 31.7 Å². The number of nitrogens with zero attached hydrogens (tertiary/aromatic N) is 3. The maximum Gasteiger partial charge on any atom is 0.241 e. The van der Waals surface area contributed by atoms with E-state index in [-0.39, 0.29) is 18.4 Å². The number of rotatable bonds is 7. The van der Waals surface area contributed by atoms with E-state index in [2.05, 4.69) is 22.3 Å². The van der Waals surface area contributed by atoms with Gasteiger partial charge in [0.25, 0.3) is 0 Å². The molecule has 1 aliphatic rings. The summed E-state index contributed by atoms with van der Waals surface area (Å²) in [6.07, 6.45) is 0. The van der Waals surface area contributed by atoms with Crippen LogP contribution in [0.2, 0.25) is 10.0 Å². The summed E-state index contributed by atoms with van der Waals surface area (Å²) in [6.45, 7) is 5.90. The molecule has 0 unspecified atom stereocenters.